The summed E-state index contributed by atoms with van der Waals surface area (Å²) in [6.45, 7) is 4.56. The molecule has 110 valence electrons. The van der Waals surface area contributed by atoms with Crippen LogP contribution in [0.25, 0.3) is 0 Å². The zero-order valence-corrected chi connectivity index (χ0v) is 11.5. The molecule has 0 saturated heterocycles. The van der Waals surface area contributed by atoms with Crippen molar-refractivity contribution in [3.63, 3.8) is 0 Å². The van der Waals surface area contributed by atoms with Gasteiger partial charge in [-0.2, -0.15) is 0 Å². The number of benzene rings is 1. The molecule has 7 heteroatoms. The highest BCUT2D eigenvalue weighted by atomic mass is 16.6. The summed E-state index contributed by atoms with van der Waals surface area (Å²) < 4.78 is 0. The maximum atomic E-state index is 12.0. The zero-order chi connectivity index (χ0) is 15.1. The molecule has 0 spiro atoms. The summed E-state index contributed by atoms with van der Waals surface area (Å²) in [5.41, 5.74) is 0.459. The van der Waals surface area contributed by atoms with Crippen LogP contribution in [0.15, 0.2) is 18.2 Å². The topological polar surface area (TPSA) is 104 Å². The Morgan fingerprint density at radius 3 is 2.75 bits per heavy atom. The van der Waals surface area contributed by atoms with E-state index in [1.807, 2.05) is 0 Å². The monoisotopic (exact) mass is 281 g/mol. The highest BCUT2D eigenvalue weighted by molar-refractivity contribution is 5.99. The molecule has 1 aromatic rings. The molecule has 0 bridgehead atoms. The molecule has 20 heavy (non-hydrogen) atoms. The summed E-state index contributed by atoms with van der Waals surface area (Å²) in [7, 11) is 0. The first-order valence-electron chi connectivity index (χ1n) is 6.34. The summed E-state index contributed by atoms with van der Waals surface area (Å²) in [5.74, 6) is -0.464. The molecular weight excluding hydrogens is 262 g/mol. The molecule has 1 amide bonds. The fourth-order valence-corrected chi connectivity index (χ4v) is 1.76. The van der Waals surface area contributed by atoms with Crippen LogP contribution in [0.3, 0.4) is 0 Å². The molecule has 1 rings (SSSR count). The highest BCUT2D eigenvalue weighted by Crippen LogP contribution is 2.21. The van der Waals surface area contributed by atoms with Crippen LogP contribution in [-0.4, -0.2) is 41.7 Å². The lowest BCUT2D eigenvalue weighted by molar-refractivity contribution is -0.385. The Morgan fingerprint density at radius 1 is 1.45 bits per heavy atom. The molecule has 0 heterocycles. The average molecular weight is 281 g/mol. The van der Waals surface area contributed by atoms with Gasteiger partial charge in [0, 0.05) is 25.7 Å². The van der Waals surface area contributed by atoms with Crippen molar-refractivity contribution in [2.24, 2.45) is 0 Å². The van der Waals surface area contributed by atoms with Gasteiger partial charge in [0.1, 0.15) is 5.56 Å². The number of nitrogens with zero attached hydrogens (tertiary/aromatic N) is 1. The van der Waals surface area contributed by atoms with Gasteiger partial charge in [-0.25, -0.2) is 0 Å². The van der Waals surface area contributed by atoms with Crippen molar-refractivity contribution in [1.82, 2.24) is 10.6 Å². The average Bonchev–Trinajstić information content (AvgIpc) is 2.37. The Balaban J connectivity index is 2.62. The van der Waals surface area contributed by atoms with Crippen LogP contribution in [0.4, 0.5) is 5.69 Å². The Morgan fingerprint density at radius 2 is 2.15 bits per heavy atom. The number of nitrogens with one attached hydrogen (secondary N) is 2. The molecule has 3 N–H and O–H groups in total. The Hall–Kier alpha value is -1.99. The number of hydrogen-bond donors (Lipinski definition) is 3. The lowest BCUT2D eigenvalue weighted by Gasteiger charge is -2.09. The predicted octanol–water partition coefficient (Wildman–Crippen LogP) is 0.603. The van der Waals surface area contributed by atoms with Crippen molar-refractivity contribution in [1.29, 1.82) is 0 Å². The minimum Gasteiger partial charge on any atom is -0.392 e. The minimum absolute atomic E-state index is 0.0908. The van der Waals surface area contributed by atoms with Gasteiger partial charge in [-0.15, -0.1) is 0 Å². The molecule has 0 aromatic heterocycles. The number of rotatable bonds is 7. The smallest absolute Gasteiger partial charge is 0.282 e. The molecule has 1 atom stereocenters. The van der Waals surface area contributed by atoms with E-state index in [0.717, 1.165) is 0 Å². The van der Waals surface area contributed by atoms with E-state index in [1.165, 1.54) is 6.07 Å². The van der Waals surface area contributed by atoms with Crippen molar-refractivity contribution in [3.8, 4) is 0 Å². The minimum atomic E-state index is -0.562. The number of nitro benzene ring substituents is 1. The number of nitro groups is 1. The normalized spacial score (nSPS) is 11.9. The van der Waals surface area contributed by atoms with Gasteiger partial charge in [0.2, 0.25) is 0 Å². The van der Waals surface area contributed by atoms with Crippen LogP contribution in [-0.2, 0) is 0 Å². The second-order valence-corrected chi connectivity index (χ2v) is 4.54. The lowest BCUT2D eigenvalue weighted by atomic mass is 10.1. The van der Waals surface area contributed by atoms with Crippen LogP contribution < -0.4 is 10.6 Å². The zero-order valence-electron chi connectivity index (χ0n) is 11.5. The Bertz CT molecular complexity index is 489. The number of carbonyl (C=O) groups excluding carboxylic acids is 1. The van der Waals surface area contributed by atoms with Crippen LogP contribution in [0.1, 0.15) is 22.8 Å². The van der Waals surface area contributed by atoms with E-state index in [0.29, 0.717) is 25.2 Å². The van der Waals surface area contributed by atoms with Gasteiger partial charge in [0.25, 0.3) is 11.6 Å². The third-order valence-electron chi connectivity index (χ3n) is 2.70. The first-order chi connectivity index (χ1) is 9.43. The van der Waals surface area contributed by atoms with Gasteiger partial charge in [0.15, 0.2) is 0 Å². The van der Waals surface area contributed by atoms with Crippen molar-refractivity contribution in [3.05, 3.63) is 39.4 Å². The van der Waals surface area contributed by atoms with Gasteiger partial charge in [-0.1, -0.05) is 12.1 Å². The number of aryl methyl sites for hydroxylation is 1. The summed E-state index contributed by atoms with van der Waals surface area (Å²) in [6, 6.07) is 4.52. The second kappa shape index (κ2) is 7.56. The first kappa shape index (κ1) is 16.1. The van der Waals surface area contributed by atoms with Gasteiger partial charge in [0.05, 0.1) is 11.0 Å². The Kier molecular flexibility index (Phi) is 6.08. The van der Waals surface area contributed by atoms with Crippen LogP contribution in [0.5, 0.6) is 0 Å². The Labute approximate surface area is 117 Å². The standard InChI is InChI=1S/C13H19N3O4/c1-9-4-3-5-11(16(19)20)12(9)13(18)15-7-6-14-8-10(2)17/h3-5,10,14,17H,6-8H2,1-2H3,(H,15,18). The quantitative estimate of drug-likeness (QED) is 0.386. The van der Waals surface area contributed by atoms with Crippen LogP contribution >= 0.6 is 0 Å². The summed E-state index contributed by atoms with van der Waals surface area (Å²) in [4.78, 5) is 22.3. The van der Waals surface area contributed by atoms with E-state index in [9.17, 15) is 14.9 Å². The van der Waals surface area contributed by atoms with Crippen molar-refractivity contribution < 1.29 is 14.8 Å². The molecule has 1 aromatic carbocycles. The molecule has 0 radical (unpaired) electrons. The molecule has 1 unspecified atom stereocenters. The predicted molar refractivity (Wildman–Crippen MR) is 74.7 cm³/mol. The number of hydrogen-bond acceptors (Lipinski definition) is 5. The van der Waals surface area contributed by atoms with E-state index in [-0.39, 0.29) is 11.3 Å². The lowest BCUT2D eigenvalue weighted by Crippen LogP contribution is -2.35. The van der Waals surface area contributed by atoms with Crippen LogP contribution in [0, 0.1) is 17.0 Å². The van der Waals surface area contributed by atoms with E-state index < -0.39 is 16.9 Å². The van der Waals surface area contributed by atoms with E-state index in [2.05, 4.69) is 10.6 Å². The van der Waals surface area contributed by atoms with Crippen molar-refractivity contribution in [2.45, 2.75) is 20.0 Å². The molecular formula is C13H19N3O4. The fourth-order valence-electron chi connectivity index (χ4n) is 1.76. The second-order valence-electron chi connectivity index (χ2n) is 4.54. The number of amides is 1. The summed E-state index contributed by atoms with van der Waals surface area (Å²) in [5, 5.41) is 25.5. The van der Waals surface area contributed by atoms with Gasteiger partial charge in [-0.3, -0.25) is 14.9 Å². The molecule has 0 fully saturated rings. The molecule has 0 aliphatic carbocycles. The van der Waals surface area contributed by atoms with E-state index >= 15 is 0 Å². The van der Waals surface area contributed by atoms with E-state index in [1.54, 1.807) is 26.0 Å². The number of aliphatic hydroxyl groups is 1. The van der Waals surface area contributed by atoms with Crippen LogP contribution in [0.2, 0.25) is 0 Å². The van der Waals surface area contributed by atoms with Crippen molar-refractivity contribution >= 4 is 11.6 Å². The molecule has 0 aliphatic heterocycles. The van der Waals surface area contributed by atoms with Gasteiger partial charge in [-0.05, 0) is 19.4 Å². The molecule has 7 nitrogen and oxygen atoms in total. The van der Waals surface area contributed by atoms with Crippen molar-refractivity contribution in [2.75, 3.05) is 19.6 Å². The third-order valence-corrected chi connectivity index (χ3v) is 2.70. The highest BCUT2D eigenvalue weighted by Gasteiger charge is 2.21. The number of aliphatic hydroxyl groups excluding tert-OH is 1. The summed E-state index contributed by atoms with van der Waals surface area (Å²) in [6.07, 6.45) is -0.455. The maximum Gasteiger partial charge on any atom is 0.282 e. The van der Waals surface area contributed by atoms with Gasteiger partial charge < -0.3 is 15.7 Å². The molecule has 0 aliphatic rings. The molecule has 0 saturated carbocycles. The van der Waals surface area contributed by atoms with Gasteiger partial charge >= 0.3 is 0 Å². The third kappa shape index (κ3) is 4.60. The summed E-state index contributed by atoms with van der Waals surface area (Å²) >= 11 is 0. The maximum absolute atomic E-state index is 12.0. The largest absolute Gasteiger partial charge is 0.392 e. The fraction of sp³-hybridized carbons (Fsp3) is 0.462. The number of carbonyl (C=O) groups is 1. The first-order valence-corrected chi connectivity index (χ1v) is 6.34. The van der Waals surface area contributed by atoms with E-state index in [4.69, 9.17) is 5.11 Å². The SMILES string of the molecule is Cc1cccc([N+](=O)[O-])c1C(=O)NCCNCC(C)O.